The standard InChI is InChI=1S/C27H28F3N5O2S/c1-16(19-4-2-3-5-20(19)27(28,29)30)37-23-13-24(38-25(23)26(32)36)35-15-33-21-7-6-17(12-22(21)35)14-34-10-8-18(31)9-11-34/h2-7,12-13,15-16,18H,8-11,14,31H2,1H3,(H2,32,36)/t16-/m1/s1. The molecule has 1 saturated heterocycles. The topological polar surface area (TPSA) is 99.4 Å². The highest BCUT2D eigenvalue weighted by Gasteiger charge is 2.35. The van der Waals surface area contributed by atoms with E-state index in [9.17, 15) is 18.0 Å². The summed E-state index contributed by atoms with van der Waals surface area (Å²) in [6, 6.07) is 13.2. The van der Waals surface area contributed by atoms with Crippen molar-refractivity contribution in [1.82, 2.24) is 14.5 Å². The van der Waals surface area contributed by atoms with Gasteiger partial charge in [0.15, 0.2) is 0 Å². The Morgan fingerprint density at radius 1 is 1.18 bits per heavy atom. The van der Waals surface area contributed by atoms with Gasteiger partial charge in [-0.2, -0.15) is 13.2 Å². The van der Waals surface area contributed by atoms with Crippen molar-refractivity contribution in [3.63, 3.8) is 0 Å². The fraction of sp³-hybridized carbons (Fsp3) is 0.333. The molecule has 1 aliphatic rings. The van der Waals surface area contributed by atoms with Crippen molar-refractivity contribution in [2.75, 3.05) is 13.1 Å². The molecule has 0 saturated carbocycles. The van der Waals surface area contributed by atoms with Gasteiger partial charge in [0.05, 0.1) is 16.6 Å². The van der Waals surface area contributed by atoms with E-state index in [0.29, 0.717) is 5.00 Å². The molecule has 11 heteroatoms. The zero-order chi connectivity index (χ0) is 27.0. The monoisotopic (exact) mass is 543 g/mol. The summed E-state index contributed by atoms with van der Waals surface area (Å²) in [5, 5.41) is 0.619. The average Bonchev–Trinajstić information content (AvgIpc) is 3.49. The van der Waals surface area contributed by atoms with Gasteiger partial charge in [0, 0.05) is 24.2 Å². The second-order valence-corrected chi connectivity index (χ2v) is 10.6. The van der Waals surface area contributed by atoms with Crippen LogP contribution in [0.1, 0.15) is 52.2 Å². The SMILES string of the molecule is C[C@@H](Oc1cc(-n2cnc3ccc(CN4CCC(N)CC4)cc32)sc1C(N)=O)c1ccccc1C(F)(F)F. The first-order valence-corrected chi connectivity index (χ1v) is 13.1. The normalized spacial score (nSPS) is 16.1. The lowest BCUT2D eigenvalue weighted by atomic mass is 10.0. The van der Waals surface area contributed by atoms with Crippen molar-refractivity contribution in [2.24, 2.45) is 11.5 Å². The Balaban J connectivity index is 1.44. The summed E-state index contributed by atoms with van der Waals surface area (Å²) in [5.41, 5.74) is 13.6. The average molecular weight is 544 g/mol. The molecule has 0 aliphatic carbocycles. The van der Waals surface area contributed by atoms with Crippen LogP contribution in [0.3, 0.4) is 0 Å². The number of fused-ring (bicyclic) bond motifs is 1. The maximum atomic E-state index is 13.5. The lowest BCUT2D eigenvalue weighted by Crippen LogP contribution is -2.39. The summed E-state index contributed by atoms with van der Waals surface area (Å²) >= 11 is 1.11. The number of carbonyl (C=O) groups excluding carboxylic acids is 1. The number of thiophene rings is 1. The third kappa shape index (κ3) is 5.40. The number of imidazole rings is 1. The smallest absolute Gasteiger partial charge is 0.416 e. The van der Waals surface area contributed by atoms with Crippen LogP contribution in [0.15, 0.2) is 54.9 Å². The minimum absolute atomic E-state index is 0.0282. The number of piperidine rings is 1. The molecule has 0 unspecified atom stereocenters. The highest BCUT2D eigenvalue weighted by atomic mass is 32.1. The van der Waals surface area contributed by atoms with E-state index in [1.165, 1.54) is 25.1 Å². The molecule has 2 aromatic heterocycles. The number of ether oxygens (including phenoxy) is 1. The third-order valence-corrected chi connectivity index (χ3v) is 7.93. The molecule has 3 heterocycles. The van der Waals surface area contributed by atoms with Crippen LogP contribution >= 0.6 is 11.3 Å². The largest absolute Gasteiger partial charge is 0.484 e. The Labute approximate surface area is 221 Å². The van der Waals surface area contributed by atoms with Crippen molar-refractivity contribution in [3.05, 3.63) is 76.4 Å². The van der Waals surface area contributed by atoms with Crippen LogP contribution in [0.2, 0.25) is 0 Å². The van der Waals surface area contributed by atoms with E-state index >= 15 is 0 Å². The number of aromatic nitrogens is 2. The second-order valence-electron chi connectivity index (χ2n) is 9.54. The molecule has 7 nitrogen and oxygen atoms in total. The van der Waals surface area contributed by atoms with Crippen LogP contribution in [0.5, 0.6) is 5.75 Å². The summed E-state index contributed by atoms with van der Waals surface area (Å²) in [7, 11) is 0. The van der Waals surface area contributed by atoms with E-state index in [4.69, 9.17) is 16.2 Å². The number of benzene rings is 2. The Morgan fingerprint density at radius 3 is 2.63 bits per heavy atom. The molecule has 4 N–H and O–H groups in total. The molecule has 4 aromatic rings. The molecule has 200 valence electrons. The summed E-state index contributed by atoms with van der Waals surface area (Å²) in [6.45, 7) is 4.19. The van der Waals surface area contributed by atoms with Crippen molar-refractivity contribution in [2.45, 2.75) is 44.6 Å². The van der Waals surface area contributed by atoms with Gasteiger partial charge in [0.2, 0.25) is 0 Å². The van der Waals surface area contributed by atoms with Gasteiger partial charge in [-0.15, -0.1) is 11.3 Å². The lowest BCUT2D eigenvalue weighted by Gasteiger charge is -2.30. The highest BCUT2D eigenvalue weighted by Crippen LogP contribution is 2.39. The number of alkyl halides is 3. The fourth-order valence-corrected chi connectivity index (χ4v) is 5.73. The third-order valence-electron chi connectivity index (χ3n) is 6.80. The maximum absolute atomic E-state index is 13.5. The highest BCUT2D eigenvalue weighted by molar-refractivity contribution is 7.16. The van der Waals surface area contributed by atoms with Crippen molar-refractivity contribution < 1.29 is 22.7 Å². The summed E-state index contributed by atoms with van der Waals surface area (Å²) in [4.78, 5) is 19.2. The molecular formula is C27H28F3N5O2S. The number of likely N-dealkylation sites (tertiary alicyclic amines) is 1. The van der Waals surface area contributed by atoms with Crippen LogP contribution in [-0.4, -0.2) is 39.5 Å². The number of carbonyl (C=O) groups is 1. The summed E-state index contributed by atoms with van der Waals surface area (Å²) < 4.78 is 48.4. The van der Waals surface area contributed by atoms with Crippen LogP contribution in [-0.2, 0) is 12.7 Å². The van der Waals surface area contributed by atoms with E-state index < -0.39 is 23.8 Å². The number of nitrogens with zero attached hydrogens (tertiary/aromatic N) is 3. The molecule has 0 radical (unpaired) electrons. The van der Waals surface area contributed by atoms with Crippen molar-refractivity contribution in [3.8, 4) is 10.8 Å². The Kier molecular flexibility index (Phi) is 7.17. The quantitative estimate of drug-likeness (QED) is 0.331. The number of halogens is 3. The fourth-order valence-electron chi connectivity index (χ4n) is 4.80. The summed E-state index contributed by atoms with van der Waals surface area (Å²) in [5.74, 6) is -0.592. The number of rotatable bonds is 7. The molecule has 2 aromatic carbocycles. The van der Waals surface area contributed by atoms with Gasteiger partial charge in [-0.25, -0.2) is 4.98 Å². The van der Waals surface area contributed by atoms with E-state index in [-0.39, 0.29) is 22.2 Å². The zero-order valence-electron chi connectivity index (χ0n) is 20.7. The summed E-state index contributed by atoms with van der Waals surface area (Å²) in [6.07, 6.45) is -1.91. The van der Waals surface area contributed by atoms with Gasteiger partial charge in [-0.1, -0.05) is 24.3 Å². The van der Waals surface area contributed by atoms with Crippen LogP contribution in [0.4, 0.5) is 13.2 Å². The number of primary amides is 1. The predicted octanol–water partition coefficient (Wildman–Crippen LogP) is 5.27. The zero-order valence-corrected chi connectivity index (χ0v) is 21.6. The Bertz CT molecular complexity index is 1460. The van der Waals surface area contributed by atoms with Gasteiger partial charge >= 0.3 is 6.18 Å². The molecule has 1 atom stereocenters. The number of nitrogens with two attached hydrogens (primary N) is 2. The van der Waals surface area contributed by atoms with Crippen LogP contribution in [0.25, 0.3) is 16.0 Å². The Hall–Kier alpha value is -3.41. The molecule has 0 spiro atoms. The first-order valence-electron chi connectivity index (χ1n) is 12.3. The first kappa shape index (κ1) is 26.2. The molecule has 1 aliphatic heterocycles. The van der Waals surface area contributed by atoms with Crippen molar-refractivity contribution in [1.29, 1.82) is 0 Å². The number of hydrogen-bond acceptors (Lipinski definition) is 6. The van der Waals surface area contributed by atoms with E-state index in [1.807, 2.05) is 16.7 Å². The number of hydrogen-bond donors (Lipinski definition) is 2. The van der Waals surface area contributed by atoms with Crippen LogP contribution in [0, 0.1) is 0 Å². The molecule has 1 amide bonds. The Morgan fingerprint density at radius 2 is 1.92 bits per heavy atom. The van der Waals surface area contributed by atoms with E-state index in [2.05, 4.69) is 16.0 Å². The minimum atomic E-state index is -4.53. The van der Waals surface area contributed by atoms with E-state index in [1.54, 1.807) is 12.4 Å². The van der Waals surface area contributed by atoms with Crippen molar-refractivity contribution >= 4 is 28.3 Å². The molecule has 0 bridgehead atoms. The van der Waals surface area contributed by atoms with E-state index in [0.717, 1.165) is 66.5 Å². The number of amides is 1. The lowest BCUT2D eigenvalue weighted by molar-refractivity contribution is -0.138. The maximum Gasteiger partial charge on any atom is 0.416 e. The van der Waals surface area contributed by atoms with Gasteiger partial charge in [0.1, 0.15) is 28.1 Å². The second kappa shape index (κ2) is 10.4. The van der Waals surface area contributed by atoms with Gasteiger partial charge in [-0.3, -0.25) is 14.3 Å². The molecule has 38 heavy (non-hydrogen) atoms. The van der Waals surface area contributed by atoms with Gasteiger partial charge < -0.3 is 16.2 Å². The molecular weight excluding hydrogens is 515 g/mol. The van der Waals surface area contributed by atoms with Gasteiger partial charge in [0.25, 0.3) is 5.91 Å². The molecule has 1 fully saturated rings. The van der Waals surface area contributed by atoms with Gasteiger partial charge in [-0.05, 0) is 56.6 Å². The molecule has 5 rings (SSSR count). The van der Waals surface area contributed by atoms with Crippen LogP contribution < -0.4 is 16.2 Å². The predicted molar refractivity (Wildman–Crippen MR) is 140 cm³/mol. The minimum Gasteiger partial charge on any atom is -0.484 e. The first-order chi connectivity index (χ1) is 18.1.